The van der Waals surface area contributed by atoms with E-state index in [2.05, 4.69) is 0 Å². The van der Waals surface area contributed by atoms with Gasteiger partial charge in [-0.15, -0.1) is 0 Å². The van der Waals surface area contributed by atoms with Crippen molar-refractivity contribution in [1.29, 1.82) is 0 Å². The number of aryl methyl sites for hydroxylation is 2. The van der Waals surface area contributed by atoms with Crippen molar-refractivity contribution in [2.24, 2.45) is 0 Å². The molecule has 4 heteroatoms. The molecule has 0 aliphatic rings. The molecule has 2 aromatic carbocycles. The summed E-state index contributed by atoms with van der Waals surface area (Å²) in [4.78, 5) is 22.2. The molecule has 0 heterocycles. The minimum Gasteiger partial charge on any atom is -0.478 e. The van der Waals surface area contributed by atoms with E-state index in [0.29, 0.717) is 6.42 Å². The third-order valence-electron chi connectivity index (χ3n) is 3.18. The molecule has 0 radical (unpaired) electrons. The van der Waals surface area contributed by atoms with E-state index in [1.165, 1.54) is 0 Å². The number of carbonyl (C=O) groups is 2. The predicted molar refractivity (Wildman–Crippen MR) is 79.1 cm³/mol. The lowest BCUT2D eigenvalue weighted by Crippen LogP contribution is -2.01. The largest absolute Gasteiger partial charge is 0.478 e. The van der Waals surface area contributed by atoms with Gasteiger partial charge in [-0.05, 0) is 66.8 Å². The Labute approximate surface area is 122 Å². The number of benzene rings is 2. The quantitative estimate of drug-likeness (QED) is 0.903. The summed E-state index contributed by atoms with van der Waals surface area (Å²) in [5.74, 6) is -1.93. The summed E-state index contributed by atoms with van der Waals surface area (Å²) >= 11 is 0. The average molecular weight is 284 g/mol. The summed E-state index contributed by atoms with van der Waals surface area (Å²) in [7, 11) is 0. The van der Waals surface area contributed by atoms with Gasteiger partial charge < -0.3 is 10.2 Å². The van der Waals surface area contributed by atoms with Gasteiger partial charge in [0.2, 0.25) is 0 Å². The highest BCUT2D eigenvalue weighted by Crippen LogP contribution is 2.17. The van der Waals surface area contributed by atoms with Crippen LogP contribution in [0.5, 0.6) is 0 Å². The SMILES string of the molecule is Cc1cc(Cc2cc(C)cc(C(=O)O)c2)cc(C(=O)O)c1. The summed E-state index contributed by atoms with van der Waals surface area (Å²) in [6.45, 7) is 3.68. The lowest BCUT2D eigenvalue weighted by Gasteiger charge is -2.08. The lowest BCUT2D eigenvalue weighted by molar-refractivity contribution is 0.0686. The summed E-state index contributed by atoms with van der Waals surface area (Å²) in [6, 6.07) is 10.3. The standard InChI is InChI=1S/C17H16O4/c1-10-3-12(8-14(5-10)16(18)19)7-13-4-11(2)6-15(9-13)17(20)21/h3-6,8-9H,7H2,1-2H3,(H,18,19)(H,20,21). The lowest BCUT2D eigenvalue weighted by atomic mass is 9.97. The first kappa shape index (κ1) is 14.8. The number of aromatic carboxylic acids is 2. The fraction of sp³-hybridized carbons (Fsp3) is 0.176. The molecule has 0 unspecified atom stereocenters. The fourth-order valence-corrected chi connectivity index (χ4v) is 2.41. The minimum absolute atomic E-state index is 0.246. The van der Waals surface area contributed by atoms with Crippen LogP contribution in [0, 0.1) is 13.8 Å². The summed E-state index contributed by atoms with van der Waals surface area (Å²) in [5.41, 5.74) is 3.95. The average Bonchev–Trinajstić information content (AvgIpc) is 2.37. The molecule has 0 fully saturated rings. The van der Waals surface area contributed by atoms with E-state index in [0.717, 1.165) is 22.3 Å². The molecule has 2 N–H and O–H groups in total. The van der Waals surface area contributed by atoms with Gasteiger partial charge in [-0.25, -0.2) is 9.59 Å². The molecule has 0 aliphatic heterocycles. The molecule has 21 heavy (non-hydrogen) atoms. The van der Waals surface area contributed by atoms with Gasteiger partial charge in [0.05, 0.1) is 11.1 Å². The van der Waals surface area contributed by atoms with E-state index < -0.39 is 11.9 Å². The van der Waals surface area contributed by atoms with Crippen LogP contribution in [0.15, 0.2) is 36.4 Å². The van der Waals surface area contributed by atoms with Crippen LogP contribution in [0.1, 0.15) is 43.0 Å². The first-order valence-corrected chi connectivity index (χ1v) is 6.53. The van der Waals surface area contributed by atoms with Crippen molar-refractivity contribution in [3.63, 3.8) is 0 Å². The second kappa shape index (κ2) is 5.79. The zero-order valence-corrected chi connectivity index (χ0v) is 11.9. The van der Waals surface area contributed by atoms with E-state index in [4.69, 9.17) is 10.2 Å². The molecule has 0 spiro atoms. The molecule has 2 aromatic rings. The maximum absolute atomic E-state index is 11.1. The first-order valence-electron chi connectivity index (χ1n) is 6.53. The van der Waals surface area contributed by atoms with Crippen molar-refractivity contribution in [1.82, 2.24) is 0 Å². The first-order chi connectivity index (χ1) is 9.85. The molecule has 0 aromatic heterocycles. The van der Waals surface area contributed by atoms with Gasteiger partial charge in [-0.3, -0.25) is 0 Å². The Balaban J connectivity index is 2.38. The minimum atomic E-state index is -0.963. The molecular weight excluding hydrogens is 268 g/mol. The summed E-state index contributed by atoms with van der Waals surface area (Å²) in [6.07, 6.45) is 0.504. The van der Waals surface area contributed by atoms with E-state index in [1.54, 1.807) is 24.3 Å². The molecule has 0 bridgehead atoms. The molecule has 0 saturated heterocycles. The topological polar surface area (TPSA) is 74.6 Å². The monoisotopic (exact) mass is 284 g/mol. The van der Waals surface area contributed by atoms with Crippen LogP contribution in [-0.2, 0) is 6.42 Å². The van der Waals surface area contributed by atoms with E-state index in [9.17, 15) is 9.59 Å². The van der Waals surface area contributed by atoms with Crippen molar-refractivity contribution >= 4 is 11.9 Å². The summed E-state index contributed by atoms with van der Waals surface area (Å²) in [5, 5.41) is 18.2. The van der Waals surface area contributed by atoms with Gasteiger partial charge in [-0.2, -0.15) is 0 Å². The Morgan fingerprint density at radius 3 is 1.48 bits per heavy atom. The molecule has 108 valence electrons. The Kier molecular flexibility index (Phi) is 4.08. The smallest absolute Gasteiger partial charge is 0.335 e. The van der Waals surface area contributed by atoms with Crippen molar-refractivity contribution in [3.05, 3.63) is 69.8 Å². The van der Waals surface area contributed by atoms with Crippen LogP contribution in [0.3, 0.4) is 0 Å². The van der Waals surface area contributed by atoms with Gasteiger partial charge in [0.25, 0.3) is 0 Å². The van der Waals surface area contributed by atoms with Crippen molar-refractivity contribution in [3.8, 4) is 0 Å². The van der Waals surface area contributed by atoms with Gasteiger partial charge >= 0.3 is 11.9 Å². The van der Waals surface area contributed by atoms with E-state index >= 15 is 0 Å². The molecular formula is C17H16O4. The van der Waals surface area contributed by atoms with Crippen LogP contribution < -0.4 is 0 Å². The Bertz CT molecular complexity index is 655. The second-order valence-corrected chi connectivity index (χ2v) is 5.20. The highest BCUT2D eigenvalue weighted by Gasteiger charge is 2.09. The highest BCUT2D eigenvalue weighted by atomic mass is 16.4. The van der Waals surface area contributed by atoms with Crippen molar-refractivity contribution in [2.45, 2.75) is 20.3 Å². The number of carboxylic acids is 2. The highest BCUT2D eigenvalue weighted by molar-refractivity contribution is 5.88. The van der Waals surface area contributed by atoms with E-state index in [1.807, 2.05) is 26.0 Å². The molecule has 0 saturated carbocycles. The van der Waals surface area contributed by atoms with Crippen LogP contribution in [0.4, 0.5) is 0 Å². The number of rotatable bonds is 4. The number of hydrogen-bond donors (Lipinski definition) is 2. The van der Waals surface area contributed by atoms with Gasteiger partial charge in [0, 0.05) is 0 Å². The van der Waals surface area contributed by atoms with Crippen LogP contribution in [0.2, 0.25) is 0 Å². The maximum atomic E-state index is 11.1. The summed E-state index contributed by atoms with van der Waals surface area (Å²) < 4.78 is 0. The molecule has 0 aliphatic carbocycles. The van der Waals surface area contributed by atoms with Gasteiger partial charge in [-0.1, -0.05) is 12.1 Å². The normalized spacial score (nSPS) is 10.4. The van der Waals surface area contributed by atoms with E-state index in [-0.39, 0.29) is 11.1 Å². The maximum Gasteiger partial charge on any atom is 0.335 e. The van der Waals surface area contributed by atoms with Crippen LogP contribution in [-0.4, -0.2) is 22.2 Å². The zero-order valence-electron chi connectivity index (χ0n) is 11.9. The van der Waals surface area contributed by atoms with Crippen molar-refractivity contribution in [2.75, 3.05) is 0 Å². The van der Waals surface area contributed by atoms with Crippen LogP contribution in [0.25, 0.3) is 0 Å². The number of carboxylic acid groups (broad SMARTS) is 2. The zero-order chi connectivity index (χ0) is 15.6. The third-order valence-corrected chi connectivity index (χ3v) is 3.18. The molecule has 0 atom stereocenters. The van der Waals surface area contributed by atoms with Crippen LogP contribution >= 0.6 is 0 Å². The van der Waals surface area contributed by atoms with Crippen molar-refractivity contribution < 1.29 is 19.8 Å². The van der Waals surface area contributed by atoms with Gasteiger partial charge in [0.1, 0.15) is 0 Å². The predicted octanol–water partition coefficient (Wildman–Crippen LogP) is 3.29. The molecule has 2 rings (SSSR count). The molecule has 4 nitrogen and oxygen atoms in total. The fourth-order valence-electron chi connectivity index (χ4n) is 2.41. The van der Waals surface area contributed by atoms with Gasteiger partial charge in [0.15, 0.2) is 0 Å². The Morgan fingerprint density at radius 2 is 1.14 bits per heavy atom. The Hall–Kier alpha value is -2.62. The Morgan fingerprint density at radius 1 is 0.762 bits per heavy atom. The number of hydrogen-bond acceptors (Lipinski definition) is 2. The molecule has 0 amide bonds. The second-order valence-electron chi connectivity index (χ2n) is 5.20. The third kappa shape index (κ3) is 3.69.